The third-order valence-corrected chi connectivity index (χ3v) is 4.37. The number of nitrogens with zero attached hydrogens (tertiary/aromatic N) is 2. The first-order valence-corrected chi connectivity index (χ1v) is 9.82. The maximum absolute atomic E-state index is 12.5. The van der Waals surface area contributed by atoms with Gasteiger partial charge in [0, 0.05) is 19.6 Å². The number of guanidine groups is 1. The molecule has 0 spiro atoms. The Morgan fingerprint density at radius 3 is 2.61 bits per heavy atom. The van der Waals surface area contributed by atoms with E-state index in [4.69, 9.17) is 10.5 Å². The molecule has 1 saturated heterocycles. The topological polar surface area (TPSA) is 89.2 Å². The molecule has 2 rings (SSSR count). The smallest absolute Gasteiger partial charge is 0.444 e. The van der Waals surface area contributed by atoms with Crippen LogP contribution < -0.4 is 15.8 Å². The first kappa shape index (κ1) is 27.1. The van der Waals surface area contributed by atoms with Gasteiger partial charge in [0.15, 0.2) is 11.7 Å². The molecule has 0 radical (unpaired) electrons. The van der Waals surface area contributed by atoms with E-state index in [2.05, 4.69) is 15.0 Å². The van der Waals surface area contributed by atoms with Gasteiger partial charge in [0.05, 0.1) is 5.69 Å². The maximum atomic E-state index is 12.5. The summed E-state index contributed by atoms with van der Waals surface area (Å²) in [7, 11) is 0. The first-order valence-electron chi connectivity index (χ1n) is 9.82. The lowest BCUT2D eigenvalue weighted by molar-refractivity contribution is -0.274. The molecule has 11 heteroatoms. The van der Waals surface area contributed by atoms with Crippen LogP contribution >= 0.6 is 24.0 Å². The second kappa shape index (κ2) is 11.6. The summed E-state index contributed by atoms with van der Waals surface area (Å²) in [6.07, 6.45) is -2.58. The molecule has 1 aromatic carbocycles. The summed E-state index contributed by atoms with van der Waals surface area (Å²) in [6.45, 7) is 7.11. The van der Waals surface area contributed by atoms with Crippen LogP contribution in [0.4, 0.5) is 23.7 Å². The van der Waals surface area contributed by atoms with Gasteiger partial charge in [-0.05, 0) is 58.1 Å². The average Bonchev–Trinajstić information content (AvgIpc) is 2.61. The van der Waals surface area contributed by atoms with Crippen LogP contribution in [0, 0.1) is 5.92 Å². The standard InChI is InChI=1S/C20H29F3N4O3.HI/c1-19(2,3)30-18(28)27-12-6-7-14(13-27)10-11-25-17(24)26-15-8-4-5-9-16(15)29-20(21,22)23;/h4-5,8-9,14H,6-7,10-13H2,1-3H3,(H3,24,25,26);1H. The van der Waals surface area contributed by atoms with Crippen LogP contribution in [0.15, 0.2) is 29.3 Å². The quantitative estimate of drug-likeness (QED) is 0.303. The predicted molar refractivity (Wildman–Crippen MR) is 124 cm³/mol. The Kier molecular flexibility index (Phi) is 10.2. The number of hydrogen-bond donors (Lipinski definition) is 2. The van der Waals surface area contributed by atoms with Gasteiger partial charge in [0.25, 0.3) is 0 Å². The SMILES string of the molecule is CC(C)(C)OC(=O)N1CCCC(CCN=C(N)Nc2ccccc2OC(F)(F)F)C1.I. The molecule has 1 unspecified atom stereocenters. The molecule has 1 aromatic rings. The molecule has 0 aromatic heterocycles. The van der Waals surface area contributed by atoms with Crippen molar-refractivity contribution < 1.29 is 27.4 Å². The van der Waals surface area contributed by atoms with Gasteiger partial charge >= 0.3 is 12.5 Å². The van der Waals surface area contributed by atoms with E-state index in [0.29, 0.717) is 26.1 Å². The molecular weight excluding hydrogens is 528 g/mol. The Bertz CT molecular complexity index is 754. The number of aliphatic imine (C=N–C) groups is 1. The maximum Gasteiger partial charge on any atom is 0.573 e. The number of ether oxygens (including phenoxy) is 2. The van der Waals surface area contributed by atoms with Gasteiger partial charge in [-0.1, -0.05) is 12.1 Å². The lowest BCUT2D eigenvalue weighted by Gasteiger charge is -2.34. The van der Waals surface area contributed by atoms with E-state index in [1.165, 1.54) is 18.2 Å². The summed E-state index contributed by atoms with van der Waals surface area (Å²) in [4.78, 5) is 18.1. The van der Waals surface area contributed by atoms with Crippen molar-refractivity contribution in [2.45, 2.75) is 52.0 Å². The number of carbonyl (C=O) groups excluding carboxylic acids is 1. The minimum absolute atomic E-state index is 0. The van der Waals surface area contributed by atoms with Gasteiger partial charge in [0.1, 0.15) is 5.60 Å². The van der Waals surface area contributed by atoms with E-state index in [0.717, 1.165) is 12.8 Å². The fraction of sp³-hybridized carbons (Fsp3) is 0.600. The second-order valence-corrected chi connectivity index (χ2v) is 8.16. The van der Waals surface area contributed by atoms with Crippen molar-refractivity contribution >= 4 is 41.7 Å². The van der Waals surface area contributed by atoms with Crippen molar-refractivity contribution in [1.29, 1.82) is 0 Å². The van der Waals surface area contributed by atoms with Crippen LogP contribution in [0.3, 0.4) is 0 Å². The fourth-order valence-corrected chi connectivity index (χ4v) is 3.12. The average molecular weight is 558 g/mol. The van der Waals surface area contributed by atoms with Crippen LogP contribution in [0.1, 0.15) is 40.0 Å². The number of likely N-dealkylation sites (tertiary alicyclic amines) is 1. The number of hydrogen-bond acceptors (Lipinski definition) is 4. The number of amides is 1. The third-order valence-electron chi connectivity index (χ3n) is 4.37. The zero-order valence-electron chi connectivity index (χ0n) is 17.9. The molecule has 31 heavy (non-hydrogen) atoms. The third kappa shape index (κ3) is 10.3. The molecule has 0 aliphatic carbocycles. The Balaban J connectivity index is 0.00000480. The molecule has 0 bridgehead atoms. The number of para-hydroxylation sites is 2. The van der Waals surface area contributed by atoms with Crippen LogP contribution in [0.25, 0.3) is 0 Å². The van der Waals surface area contributed by atoms with Crippen molar-refractivity contribution in [2.75, 3.05) is 25.0 Å². The minimum atomic E-state index is -4.80. The van der Waals surface area contributed by atoms with Gasteiger partial charge in [-0.25, -0.2) is 4.79 Å². The van der Waals surface area contributed by atoms with Crippen molar-refractivity contribution in [1.82, 2.24) is 4.90 Å². The number of alkyl halides is 3. The van der Waals surface area contributed by atoms with Gasteiger partial charge in [-0.2, -0.15) is 0 Å². The van der Waals surface area contributed by atoms with E-state index < -0.39 is 12.0 Å². The molecular formula is C20H30F3IN4O3. The first-order chi connectivity index (χ1) is 13.9. The molecule has 3 N–H and O–H groups in total. The van der Waals surface area contributed by atoms with Crippen molar-refractivity contribution in [3.05, 3.63) is 24.3 Å². The summed E-state index contributed by atoms with van der Waals surface area (Å²) < 4.78 is 46.9. The normalized spacial score (nSPS) is 17.5. The van der Waals surface area contributed by atoms with E-state index in [9.17, 15) is 18.0 Å². The predicted octanol–water partition coefficient (Wildman–Crippen LogP) is 4.97. The van der Waals surface area contributed by atoms with Crippen LogP contribution in [0.5, 0.6) is 5.75 Å². The zero-order valence-corrected chi connectivity index (χ0v) is 20.2. The summed E-state index contributed by atoms with van der Waals surface area (Å²) in [5.41, 5.74) is 5.35. The lowest BCUT2D eigenvalue weighted by atomic mass is 9.95. The molecule has 1 heterocycles. The molecule has 1 aliphatic heterocycles. The molecule has 7 nitrogen and oxygen atoms in total. The Labute approximate surface area is 197 Å². The van der Waals surface area contributed by atoms with Crippen LogP contribution in [-0.4, -0.2) is 48.6 Å². The van der Waals surface area contributed by atoms with E-state index >= 15 is 0 Å². The number of nitrogens with two attached hydrogens (primary N) is 1. The number of anilines is 1. The number of halogens is 4. The van der Waals surface area contributed by atoms with Gasteiger partial charge in [0.2, 0.25) is 0 Å². The minimum Gasteiger partial charge on any atom is -0.444 e. The van der Waals surface area contributed by atoms with Crippen molar-refractivity contribution in [3.63, 3.8) is 0 Å². The fourth-order valence-electron chi connectivity index (χ4n) is 3.12. The van der Waals surface area contributed by atoms with Gasteiger partial charge in [-0.3, -0.25) is 4.99 Å². The highest BCUT2D eigenvalue weighted by molar-refractivity contribution is 14.0. The number of carbonyl (C=O) groups is 1. The highest BCUT2D eigenvalue weighted by Crippen LogP contribution is 2.29. The highest BCUT2D eigenvalue weighted by Gasteiger charge is 2.32. The van der Waals surface area contributed by atoms with Gasteiger partial charge in [-0.15, -0.1) is 37.1 Å². The monoisotopic (exact) mass is 558 g/mol. The summed E-state index contributed by atoms with van der Waals surface area (Å²) in [5, 5.41) is 2.64. The molecule has 1 fully saturated rings. The van der Waals surface area contributed by atoms with E-state index in [1.54, 1.807) is 11.0 Å². The number of rotatable bonds is 5. The Morgan fingerprint density at radius 2 is 1.97 bits per heavy atom. The summed E-state index contributed by atoms with van der Waals surface area (Å²) in [6, 6.07) is 5.60. The molecule has 1 amide bonds. The van der Waals surface area contributed by atoms with Crippen molar-refractivity contribution in [3.8, 4) is 5.75 Å². The molecule has 1 atom stereocenters. The number of piperidine rings is 1. The van der Waals surface area contributed by atoms with E-state index in [-0.39, 0.29) is 53.4 Å². The zero-order chi connectivity index (χ0) is 22.4. The Hall–Kier alpha value is -1.92. The van der Waals surface area contributed by atoms with E-state index in [1.807, 2.05) is 20.8 Å². The van der Waals surface area contributed by atoms with Crippen LogP contribution in [-0.2, 0) is 4.74 Å². The number of benzene rings is 1. The summed E-state index contributed by atoms with van der Waals surface area (Å²) >= 11 is 0. The van der Waals surface area contributed by atoms with Gasteiger partial charge < -0.3 is 25.4 Å². The van der Waals surface area contributed by atoms with Crippen LogP contribution in [0.2, 0.25) is 0 Å². The highest BCUT2D eigenvalue weighted by atomic mass is 127. The second-order valence-electron chi connectivity index (χ2n) is 8.16. The summed E-state index contributed by atoms with van der Waals surface area (Å²) in [5.74, 6) is -0.139. The largest absolute Gasteiger partial charge is 0.573 e. The van der Waals surface area contributed by atoms with Crippen molar-refractivity contribution in [2.24, 2.45) is 16.6 Å². The number of nitrogens with one attached hydrogen (secondary N) is 1. The molecule has 0 saturated carbocycles. The molecule has 176 valence electrons. The Morgan fingerprint density at radius 1 is 1.29 bits per heavy atom. The lowest BCUT2D eigenvalue weighted by Crippen LogP contribution is -2.43. The molecule has 1 aliphatic rings.